The van der Waals surface area contributed by atoms with Crippen LogP contribution in [0.1, 0.15) is 77.2 Å². The number of ketones is 1. The Kier molecular flexibility index (Phi) is 7.59. The van der Waals surface area contributed by atoms with Crippen molar-refractivity contribution >= 4 is 11.7 Å². The van der Waals surface area contributed by atoms with Gasteiger partial charge in [-0.1, -0.05) is 20.8 Å². The van der Waals surface area contributed by atoms with Gasteiger partial charge in [0.15, 0.2) is 0 Å². The molecule has 0 radical (unpaired) electrons. The number of hydrogen-bond acceptors (Lipinski definition) is 6. The topological polar surface area (TPSA) is 52.6 Å². The number of likely N-dealkylation sites (tertiary alicyclic amines) is 2. The summed E-state index contributed by atoms with van der Waals surface area (Å²) in [7, 11) is 0. The molecule has 172 valence electrons. The number of hydrogen-bond donors (Lipinski definition) is 0. The van der Waals surface area contributed by atoms with Crippen LogP contribution in [-0.2, 0) is 4.79 Å². The lowest BCUT2D eigenvalue weighted by atomic mass is 9.91. The lowest BCUT2D eigenvalue weighted by Crippen LogP contribution is -2.54. The van der Waals surface area contributed by atoms with Gasteiger partial charge in [-0.25, -0.2) is 9.97 Å². The monoisotopic (exact) mass is 427 g/mol. The second-order valence-corrected chi connectivity index (χ2v) is 10.2. The zero-order chi connectivity index (χ0) is 21.8. The highest BCUT2D eigenvalue weighted by Gasteiger charge is 2.40. The highest BCUT2D eigenvalue weighted by Crippen LogP contribution is 2.34. The number of piperazine rings is 1. The molecule has 2 unspecified atom stereocenters. The fourth-order valence-electron chi connectivity index (χ4n) is 5.75. The molecule has 2 bridgehead atoms. The Morgan fingerprint density at radius 2 is 1.65 bits per heavy atom. The summed E-state index contributed by atoms with van der Waals surface area (Å²) in [5.41, 5.74) is 1.30. The third kappa shape index (κ3) is 5.46. The molecule has 6 nitrogen and oxygen atoms in total. The molecule has 0 spiro atoms. The number of nitrogens with zero attached hydrogens (tertiary/aromatic N) is 5. The maximum absolute atomic E-state index is 11.8. The third-order valence-corrected chi connectivity index (χ3v) is 7.59. The minimum absolute atomic E-state index is 0.170. The van der Waals surface area contributed by atoms with E-state index in [0.29, 0.717) is 23.8 Å². The first kappa shape index (κ1) is 22.7. The van der Waals surface area contributed by atoms with Crippen LogP contribution in [0.2, 0.25) is 0 Å². The fourth-order valence-corrected chi connectivity index (χ4v) is 5.75. The summed E-state index contributed by atoms with van der Waals surface area (Å²) in [5.74, 6) is 2.08. The van der Waals surface area contributed by atoms with Crippen LogP contribution in [-0.4, -0.2) is 76.9 Å². The molecule has 2 atom stereocenters. The molecule has 0 N–H and O–H groups in total. The smallest absolute Gasteiger partial charge is 0.225 e. The lowest BCUT2D eigenvalue weighted by Gasteiger charge is -2.41. The summed E-state index contributed by atoms with van der Waals surface area (Å²) < 4.78 is 0. The molecule has 0 saturated carbocycles. The Balaban J connectivity index is 1.26. The van der Waals surface area contributed by atoms with Gasteiger partial charge in [-0.15, -0.1) is 0 Å². The van der Waals surface area contributed by atoms with Crippen LogP contribution < -0.4 is 4.90 Å². The van der Waals surface area contributed by atoms with Crippen LogP contribution in [0.25, 0.3) is 0 Å². The Morgan fingerprint density at radius 1 is 1.00 bits per heavy atom. The third-order valence-electron chi connectivity index (χ3n) is 7.59. The van der Waals surface area contributed by atoms with Crippen molar-refractivity contribution in [3.63, 3.8) is 0 Å². The average Bonchev–Trinajstić information content (AvgIpc) is 3.04. The number of piperidine rings is 1. The van der Waals surface area contributed by atoms with Crippen molar-refractivity contribution in [2.75, 3.05) is 44.2 Å². The van der Waals surface area contributed by atoms with Gasteiger partial charge in [-0.3, -0.25) is 9.69 Å². The molecular weight excluding hydrogens is 386 g/mol. The first-order chi connectivity index (χ1) is 15.0. The van der Waals surface area contributed by atoms with Crippen molar-refractivity contribution in [2.45, 2.75) is 83.7 Å². The van der Waals surface area contributed by atoms with E-state index in [1.165, 1.54) is 44.2 Å². The summed E-state index contributed by atoms with van der Waals surface area (Å²) >= 11 is 0. The minimum Gasteiger partial charge on any atom is -0.332 e. The maximum atomic E-state index is 11.8. The van der Waals surface area contributed by atoms with Gasteiger partial charge in [0.25, 0.3) is 0 Å². The van der Waals surface area contributed by atoms with Gasteiger partial charge < -0.3 is 9.80 Å². The number of rotatable bonds is 9. The molecule has 0 aliphatic carbocycles. The second kappa shape index (κ2) is 10.4. The van der Waals surface area contributed by atoms with E-state index in [1.54, 1.807) is 0 Å². The van der Waals surface area contributed by atoms with Crippen molar-refractivity contribution in [3.05, 3.63) is 18.0 Å². The Bertz CT molecular complexity index is 699. The van der Waals surface area contributed by atoms with Crippen molar-refractivity contribution in [1.82, 2.24) is 19.8 Å². The summed E-state index contributed by atoms with van der Waals surface area (Å²) in [6.45, 7) is 13.1. The first-order valence-corrected chi connectivity index (χ1v) is 12.6. The molecule has 0 aromatic carbocycles. The molecule has 3 saturated heterocycles. The maximum Gasteiger partial charge on any atom is 0.225 e. The molecule has 1 aromatic heterocycles. The number of carbonyl (C=O) groups excluding carboxylic acids is 1. The normalized spacial score (nSPS) is 25.5. The molecule has 0 amide bonds. The number of aromatic nitrogens is 2. The highest BCUT2D eigenvalue weighted by atomic mass is 16.1. The lowest BCUT2D eigenvalue weighted by molar-refractivity contribution is -0.122. The van der Waals surface area contributed by atoms with Crippen molar-refractivity contribution in [3.8, 4) is 0 Å². The van der Waals surface area contributed by atoms with E-state index >= 15 is 0 Å². The fraction of sp³-hybridized carbons (Fsp3) is 0.800. The SMILES string of the molecule is CCCN1CC2CCC(C1)N2c1ncc(C2CCN(CCCC(=O)C(C)C)CC2)cn1. The summed E-state index contributed by atoms with van der Waals surface area (Å²) in [6.07, 6.45) is 12.0. The number of anilines is 1. The molecule has 3 aliphatic heterocycles. The van der Waals surface area contributed by atoms with Gasteiger partial charge in [-0.2, -0.15) is 0 Å². The minimum atomic E-state index is 0.170. The van der Waals surface area contributed by atoms with E-state index in [1.807, 2.05) is 13.8 Å². The Labute approximate surface area is 188 Å². The largest absolute Gasteiger partial charge is 0.332 e. The first-order valence-electron chi connectivity index (χ1n) is 12.6. The molecule has 4 heterocycles. The van der Waals surface area contributed by atoms with Gasteiger partial charge in [0.1, 0.15) is 5.78 Å². The number of Topliss-reactive ketones (excluding diaryl/α,β-unsaturated/α-hetero) is 1. The molecule has 3 fully saturated rings. The quantitative estimate of drug-likeness (QED) is 0.599. The standard InChI is InChI=1S/C25H41N5O/c1-4-11-29-17-22-7-8-23(18-29)30(22)25-26-15-21(16-27-25)20-9-13-28(14-10-20)12-5-6-24(31)19(2)3/h15-16,19-20,22-23H,4-14,17-18H2,1-3H3. The molecule has 1 aromatic rings. The second-order valence-electron chi connectivity index (χ2n) is 10.2. The Morgan fingerprint density at radius 3 is 2.23 bits per heavy atom. The van der Waals surface area contributed by atoms with Gasteiger partial charge in [0.05, 0.1) is 0 Å². The molecule has 31 heavy (non-hydrogen) atoms. The van der Waals surface area contributed by atoms with Crippen LogP contribution in [0.4, 0.5) is 5.95 Å². The van der Waals surface area contributed by atoms with E-state index in [4.69, 9.17) is 9.97 Å². The van der Waals surface area contributed by atoms with Crippen LogP contribution >= 0.6 is 0 Å². The van der Waals surface area contributed by atoms with Crippen molar-refractivity contribution in [2.24, 2.45) is 5.92 Å². The summed E-state index contributed by atoms with van der Waals surface area (Å²) in [6, 6.07) is 1.17. The van der Waals surface area contributed by atoms with E-state index in [-0.39, 0.29) is 5.92 Å². The molecule has 6 heteroatoms. The Hall–Kier alpha value is -1.53. The zero-order valence-corrected chi connectivity index (χ0v) is 19.8. The van der Waals surface area contributed by atoms with E-state index < -0.39 is 0 Å². The van der Waals surface area contributed by atoms with E-state index in [2.05, 4.69) is 34.0 Å². The van der Waals surface area contributed by atoms with Crippen LogP contribution in [0.15, 0.2) is 12.4 Å². The average molecular weight is 428 g/mol. The van der Waals surface area contributed by atoms with Gasteiger partial charge >= 0.3 is 0 Å². The summed E-state index contributed by atoms with van der Waals surface area (Å²) in [4.78, 5) is 29.1. The van der Waals surface area contributed by atoms with Crippen molar-refractivity contribution < 1.29 is 4.79 Å². The highest BCUT2D eigenvalue weighted by molar-refractivity contribution is 5.80. The van der Waals surface area contributed by atoms with Crippen LogP contribution in [0.5, 0.6) is 0 Å². The summed E-state index contributed by atoms with van der Waals surface area (Å²) in [5, 5.41) is 0. The molecular formula is C25H41N5O. The van der Waals surface area contributed by atoms with E-state index in [0.717, 1.165) is 51.5 Å². The van der Waals surface area contributed by atoms with E-state index in [9.17, 15) is 4.79 Å². The number of carbonyl (C=O) groups is 1. The van der Waals surface area contributed by atoms with Crippen molar-refractivity contribution in [1.29, 1.82) is 0 Å². The van der Waals surface area contributed by atoms with Crippen LogP contribution in [0.3, 0.4) is 0 Å². The number of fused-ring (bicyclic) bond motifs is 2. The van der Waals surface area contributed by atoms with Gasteiger partial charge in [0, 0.05) is 49.9 Å². The predicted molar refractivity (Wildman–Crippen MR) is 126 cm³/mol. The van der Waals surface area contributed by atoms with Gasteiger partial charge in [-0.05, 0) is 76.2 Å². The van der Waals surface area contributed by atoms with Crippen LogP contribution in [0, 0.1) is 5.92 Å². The molecule has 3 aliphatic rings. The predicted octanol–water partition coefficient (Wildman–Crippen LogP) is 3.72. The zero-order valence-electron chi connectivity index (χ0n) is 19.8. The molecule has 4 rings (SSSR count). The van der Waals surface area contributed by atoms with Gasteiger partial charge in [0.2, 0.25) is 5.95 Å².